The molecule has 1 atom stereocenters. The minimum Gasteiger partial charge on any atom is -0.345 e. The lowest BCUT2D eigenvalue weighted by molar-refractivity contribution is 0.0944. The molecule has 0 saturated heterocycles. The Morgan fingerprint density at radius 1 is 0.966 bits per heavy atom. The van der Waals surface area contributed by atoms with Crippen LogP contribution in [-0.2, 0) is 0 Å². The number of benzene rings is 1. The topological polar surface area (TPSA) is 79.8 Å². The first kappa shape index (κ1) is 18.8. The maximum Gasteiger partial charge on any atom is 0.261 e. The van der Waals surface area contributed by atoms with Crippen LogP contribution in [0.1, 0.15) is 28.2 Å². The molecule has 0 aliphatic rings. The van der Waals surface area contributed by atoms with Crippen molar-refractivity contribution in [2.75, 3.05) is 5.32 Å². The van der Waals surface area contributed by atoms with E-state index in [2.05, 4.69) is 25.6 Å². The number of pyridine rings is 1. The van der Waals surface area contributed by atoms with Crippen molar-refractivity contribution in [3.8, 4) is 10.6 Å². The Morgan fingerprint density at radius 2 is 1.76 bits per heavy atom. The summed E-state index contributed by atoms with van der Waals surface area (Å²) < 4.78 is 0. The van der Waals surface area contributed by atoms with Crippen molar-refractivity contribution in [3.63, 3.8) is 0 Å². The molecule has 4 aromatic rings. The number of aromatic nitrogens is 3. The van der Waals surface area contributed by atoms with Gasteiger partial charge in [0, 0.05) is 24.3 Å². The maximum atomic E-state index is 12.6. The van der Waals surface area contributed by atoms with E-state index in [1.54, 1.807) is 18.6 Å². The van der Waals surface area contributed by atoms with Gasteiger partial charge in [-0.05, 0) is 42.8 Å². The lowest BCUT2D eigenvalue weighted by Crippen LogP contribution is -2.25. The average molecular weight is 401 g/mol. The van der Waals surface area contributed by atoms with E-state index >= 15 is 0 Å². The number of nitrogens with one attached hydrogen (secondary N) is 2. The van der Waals surface area contributed by atoms with Crippen molar-refractivity contribution in [3.05, 3.63) is 89.7 Å². The smallest absolute Gasteiger partial charge is 0.261 e. The predicted octanol–water partition coefficient (Wildman–Crippen LogP) is 4.83. The van der Waals surface area contributed by atoms with Crippen LogP contribution in [0.25, 0.3) is 10.6 Å². The number of rotatable bonds is 6. The Balaban J connectivity index is 1.47. The molecule has 0 saturated carbocycles. The molecular formula is C22H19N5OS. The van der Waals surface area contributed by atoms with E-state index in [0.29, 0.717) is 10.8 Å². The summed E-state index contributed by atoms with van der Waals surface area (Å²) in [5, 5.41) is 6.19. The fraction of sp³-hybridized carbons (Fsp3) is 0.0909. The van der Waals surface area contributed by atoms with Crippen molar-refractivity contribution in [1.82, 2.24) is 20.3 Å². The quantitative estimate of drug-likeness (QED) is 0.483. The highest BCUT2D eigenvalue weighted by Crippen LogP contribution is 2.28. The Labute approximate surface area is 172 Å². The van der Waals surface area contributed by atoms with Gasteiger partial charge in [0.05, 0.1) is 21.5 Å². The Bertz CT molecular complexity index is 1100. The molecule has 1 amide bonds. The first-order chi connectivity index (χ1) is 14.2. The van der Waals surface area contributed by atoms with Crippen LogP contribution < -0.4 is 10.6 Å². The largest absolute Gasteiger partial charge is 0.345 e. The molecular weight excluding hydrogens is 382 g/mol. The zero-order chi connectivity index (χ0) is 20.1. The van der Waals surface area contributed by atoms with Gasteiger partial charge in [-0.25, -0.2) is 9.97 Å². The van der Waals surface area contributed by atoms with Gasteiger partial charge in [-0.1, -0.05) is 30.3 Å². The van der Waals surface area contributed by atoms with Crippen LogP contribution >= 0.6 is 11.3 Å². The molecule has 0 fully saturated rings. The molecule has 0 radical (unpaired) electrons. The van der Waals surface area contributed by atoms with E-state index in [4.69, 9.17) is 0 Å². The molecule has 0 bridgehead atoms. The van der Waals surface area contributed by atoms with Gasteiger partial charge in [0.2, 0.25) is 5.95 Å². The minimum atomic E-state index is -0.0956. The number of amides is 1. The molecule has 0 spiro atoms. The van der Waals surface area contributed by atoms with Gasteiger partial charge in [0.15, 0.2) is 0 Å². The van der Waals surface area contributed by atoms with Crippen molar-refractivity contribution in [2.45, 2.75) is 13.0 Å². The molecule has 0 aliphatic carbocycles. The van der Waals surface area contributed by atoms with Crippen LogP contribution in [0.5, 0.6) is 0 Å². The normalized spacial score (nSPS) is 11.6. The first-order valence-electron chi connectivity index (χ1n) is 9.15. The summed E-state index contributed by atoms with van der Waals surface area (Å²) in [6.07, 6.45) is 5.10. The molecule has 6 nitrogen and oxygen atoms in total. The second kappa shape index (κ2) is 8.62. The SMILES string of the molecule is C[C@@H](NC(=O)c1ccc(-c2ccnc(Nc3ccncc3)n2)s1)c1ccccc1. The van der Waals surface area contributed by atoms with Crippen LogP contribution in [0, 0.1) is 0 Å². The van der Waals surface area contributed by atoms with Gasteiger partial charge >= 0.3 is 0 Å². The lowest BCUT2D eigenvalue weighted by atomic mass is 10.1. The molecule has 7 heteroatoms. The number of hydrogen-bond acceptors (Lipinski definition) is 6. The lowest BCUT2D eigenvalue weighted by Gasteiger charge is -2.13. The van der Waals surface area contributed by atoms with Gasteiger partial charge < -0.3 is 10.6 Å². The molecule has 3 aromatic heterocycles. The summed E-state index contributed by atoms with van der Waals surface area (Å²) in [6, 6.07) is 19.1. The second-order valence-corrected chi connectivity index (χ2v) is 7.48. The van der Waals surface area contributed by atoms with E-state index < -0.39 is 0 Å². The van der Waals surface area contributed by atoms with Gasteiger partial charge in [-0.15, -0.1) is 11.3 Å². The zero-order valence-corrected chi connectivity index (χ0v) is 16.6. The van der Waals surface area contributed by atoms with E-state index in [-0.39, 0.29) is 11.9 Å². The zero-order valence-electron chi connectivity index (χ0n) is 15.7. The fourth-order valence-corrected chi connectivity index (χ4v) is 3.69. The number of nitrogens with zero attached hydrogens (tertiary/aromatic N) is 3. The van der Waals surface area contributed by atoms with E-state index in [0.717, 1.165) is 21.8 Å². The molecule has 3 heterocycles. The van der Waals surface area contributed by atoms with Crippen LogP contribution in [-0.4, -0.2) is 20.9 Å². The molecule has 4 rings (SSSR count). The van der Waals surface area contributed by atoms with Gasteiger partial charge in [-0.2, -0.15) is 0 Å². The fourth-order valence-electron chi connectivity index (χ4n) is 2.81. The van der Waals surface area contributed by atoms with Gasteiger partial charge in [0.1, 0.15) is 0 Å². The summed E-state index contributed by atoms with van der Waals surface area (Å²) >= 11 is 1.41. The number of thiophene rings is 1. The Hall–Kier alpha value is -3.58. The average Bonchev–Trinajstić information content (AvgIpc) is 3.26. The highest BCUT2D eigenvalue weighted by Gasteiger charge is 2.14. The summed E-state index contributed by atoms with van der Waals surface area (Å²) in [6.45, 7) is 1.98. The van der Waals surface area contributed by atoms with Crippen LogP contribution in [0.15, 0.2) is 79.3 Å². The van der Waals surface area contributed by atoms with Crippen molar-refractivity contribution >= 4 is 28.9 Å². The predicted molar refractivity (Wildman–Crippen MR) is 115 cm³/mol. The van der Waals surface area contributed by atoms with Gasteiger partial charge in [0.25, 0.3) is 5.91 Å². The molecule has 1 aromatic carbocycles. The standard InChI is InChI=1S/C22H19N5OS/c1-15(16-5-3-2-4-6-16)25-21(28)20-8-7-19(29-20)18-11-14-24-22(27-18)26-17-9-12-23-13-10-17/h2-15H,1H3,(H,25,28)(H,23,24,26,27)/t15-/m1/s1. The molecule has 144 valence electrons. The molecule has 0 aliphatic heterocycles. The minimum absolute atomic E-state index is 0.0653. The van der Waals surface area contributed by atoms with Crippen LogP contribution in [0.4, 0.5) is 11.6 Å². The third-order valence-corrected chi connectivity index (χ3v) is 5.43. The summed E-state index contributed by atoms with van der Waals surface area (Å²) in [5.74, 6) is 0.396. The maximum absolute atomic E-state index is 12.6. The Morgan fingerprint density at radius 3 is 2.55 bits per heavy atom. The number of carbonyl (C=O) groups excluding carboxylic acids is 1. The van der Waals surface area contributed by atoms with Crippen LogP contribution in [0.2, 0.25) is 0 Å². The van der Waals surface area contributed by atoms with Crippen LogP contribution in [0.3, 0.4) is 0 Å². The first-order valence-corrected chi connectivity index (χ1v) is 9.97. The van der Waals surface area contributed by atoms with Gasteiger partial charge in [-0.3, -0.25) is 9.78 Å². The summed E-state index contributed by atoms with van der Waals surface area (Å²) in [5.41, 5.74) is 2.69. The number of anilines is 2. The highest BCUT2D eigenvalue weighted by molar-refractivity contribution is 7.17. The van der Waals surface area contributed by atoms with E-state index in [1.165, 1.54) is 11.3 Å². The second-order valence-electron chi connectivity index (χ2n) is 6.40. The monoisotopic (exact) mass is 401 g/mol. The molecule has 2 N–H and O–H groups in total. The number of carbonyl (C=O) groups is 1. The summed E-state index contributed by atoms with van der Waals surface area (Å²) in [4.78, 5) is 27.0. The molecule has 29 heavy (non-hydrogen) atoms. The highest BCUT2D eigenvalue weighted by atomic mass is 32.1. The van der Waals surface area contributed by atoms with E-state index in [1.807, 2.05) is 67.6 Å². The third kappa shape index (κ3) is 4.64. The molecule has 0 unspecified atom stereocenters. The van der Waals surface area contributed by atoms with Crippen molar-refractivity contribution < 1.29 is 4.79 Å². The van der Waals surface area contributed by atoms with Crippen molar-refractivity contribution in [2.24, 2.45) is 0 Å². The summed E-state index contributed by atoms with van der Waals surface area (Å²) in [7, 11) is 0. The van der Waals surface area contributed by atoms with E-state index in [9.17, 15) is 4.79 Å². The number of hydrogen-bond donors (Lipinski definition) is 2. The third-order valence-electron chi connectivity index (χ3n) is 4.32. The van der Waals surface area contributed by atoms with Crippen molar-refractivity contribution in [1.29, 1.82) is 0 Å². The Kier molecular flexibility index (Phi) is 5.58.